The molecule has 1 aliphatic rings. The summed E-state index contributed by atoms with van der Waals surface area (Å²) in [6.07, 6.45) is 8.50. The number of carbonyl (C=O) groups excluding carboxylic acids is 1. The van der Waals surface area contributed by atoms with Gasteiger partial charge in [0.2, 0.25) is 5.89 Å². The highest BCUT2D eigenvalue weighted by Crippen LogP contribution is 2.21. The zero-order valence-electron chi connectivity index (χ0n) is 8.82. The van der Waals surface area contributed by atoms with Crippen LogP contribution in [0.5, 0.6) is 0 Å². The van der Waals surface area contributed by atoms with E-state index in [1.54, 1.807) is 0 Å². The first-order valence-electron chi connectivity index (χ1n) is 5.21. The lowest BCUT2D eigenvalue weighted by Gasteiger charge is -2.02. The molecule has 0 bridgehead atoms. The molecule has 5 heteroatoms. The SMILES string of the molecule is C#CCNC(=O)c1coc(C2CCCN2)n1. The first-order chi connectivity index (χ1) is 7.81. The van der Waals surface area contributed by atoms with E-state index in [1.165, 1.54) is 6.26 Å². The Morgan fingerprint density at radius 3 is 3.38 bits per heavy atom. The van der Waals surface area contributed by atoms with E-state index in [9.17, 15) is 4.79 Å². The number of hydrogen-bond donors (Lipinski definition) is 2. The van der Waals surface area contributed by atoms with Crippen LogP contribution >= 0.6 is 0 Å². The molecule has 84 valence electrons. The van der Waals surface area contributed by atoms with Crippen LogP contribution in [0.2, 0.25) is 0 Å². The Hall–Kier alpha value is -1.80. The minimum atomic E-state index is -0.300. The molecular weight excluding hydrogens is 206 g/mol. The van der Waals surface area contributed by atoms with Crippen LogP contribution in [0.15, 0.2) is 10.7 Å². The van der Waals surface area contributed by atoms with Crippen LogP contribution in [-0.4, -0.2) is 24.0 Å². The van der Waals surface area contributed by atoms with E-state index in [-0.39, 0.29) is 24.2 Å². The Kier molecular flexibility index (Phi) is 3.22. The fourth-order valence-electron chi connectivity index (χ4n) is 1.67. The maximum atomic E-state index is 11.5. The lowest BCUT2D eigenvalue weighted by Crippen LogP contribution is -2.24. The van der Waals surface area contributed by atoms with Gasteiger partial charge in [0.15, 0.2) is 5.69 Å². The maximum absolute atomic E-state index is 11.5. The first kappa shape index (κ1) is 10.7. The fourth-order valence-corrected chi connectivity index (χ4v) is 1.67. The topological polar surface area (TPSA) is 67.2 Å². The van der Waals surface area contributed by atoms with Crippen molar-refractivity contribution >= 4 is 5.91 Å². The Morgan fingerprint density at radius 2 is 2.69 bits per heavy atom. The van der Waals surface area contributed by atoms with Crippen molar-refractivity contribution in [1.29, 1.82) is 0 Å². The number of nitrogens with zero attached hydrogens (tertiary/aromatic N) is 1. The summed E-state index contributed by atoms with van der Waals surface area (Å²) < 4.78 is 5.26. The molecule has 1 aromatic rings. The predicted molar refractivity (Wildman–Crippen MR) is 57.6 cm³/mol. The molecule has 1 saturated heterocycles. The van der Waals surface area contributed by atoms with E-state index < -0.39 is 0 Å². The predicted octanol–water partition coefficient (Wildman–Crippen LogP) is 0.462. The summed E-state index contributed by atoms with van der Waals surface area (Å²) in [6.45, 7) is 1.16. The number of terminal acetylenes is 1. The summed E-state index contributed by atoms with van der Waals surface area (Å²) >= 11 is 0. The van der Waals surface area contributed by atoms with E-state index in [1.807, 2.05) is 0 Å². The molecule has 1 aromatic heterocycles. The zero-order valence-corrected chi connectivity index (χ0v) is 8.82. The monoisotopic (exact) mass is 219 g/mol. The number of oxazole rings is 1. The molecule has 1 unspecified atom stereocenters. The Bertz CT molecular complexity index is 413. The van der Waals surface area contributed by atoms with Crippen molar-refractivity contribution in [3.8, 4) is 12.3 Å². The van der Waals surface area contributed by atoms with Crippen LogP contribution in [0.25, 0.3) is 0 Å². The quantitative estimate of drug-likeness (QED) is 0.725. The summed E-state index contributed by atoms with van der Waals surface area (Å²) in [5, 5.41) is 5.78. The second-order valence-electron chi connectivity index (χ2n) is 3.61. The molecule has 1 atom stereocenters. The third-order valence-corrected chi connectivity index (χ3v) is 2.46. The van der Waals surface area contributed by atoms with Crippen molar-refractivity contribution in [1.82, 2.24) is 15.6 Å². The second kappa shape index (κ2) is 4.81. The smallest absolute Gasteiger partial charge is 0.273 e. The van der Waals surface area contributed by atoms with Crippen LogP contribution in [-0.2, 0) is 0 Å². The van der Waals surface area contributed by atoms with Gasteiger partial charge in [-0.25, -0.2) is 4.98 Å². The molecule has 16 heavy (non-hydrogen) atoms. The van der Waals surface area contributed by atoms with Crippen molar-refractivity contribution in [2.24, 2.45) is 0 Å². The molecule has 2 heterocycles. The van der Waals surface area contributed by atoms with Crippen molar-refractivity contribution in [3.05, 3.63) is 17.8 Å². The van der Waals surface area contributed by atoms with Gasteiger partial charge in [-0.3, -0.25) is 4.79 Å². The summed E-state index contributed by atoms with van der Waals surface area (Å²) in [4.78, 5) is 15.6. The molecule has 0 spiro atoms. The van der Waals surface area contributed by atoms with Gasteiger partial charge >= 0.3 is 0 Å². The zero-order chi connectivity index (χ0) is 11.4. The molecule has 2 N–H and O–H groups in total. The van der Waals surface area contributed by atoms with E-state index in [0.29, 0.717) is 5.89 Å². The van der Waals surface area contributed by atoms with E-state index in [2.05, 4.69) is 21.5 Å². The minimum absolute atomic E-state index is 0.134. The number of nitrogens with one attached hydrogen (secondary N) is 2. The average molecular weight is 219 g/mol. The first-order valence-corrected chi connectivity index (χ1v) is 5.21. The van der Waals surface area contributed by atoms with Gasteiger partial charge in [-0.2, -0.15) is 0 Å². The van der Waals surface area contributed by atoms with Gasteiger partial charge in [-0.1, -0.05) is 5.92 Å². The van der Waals surface area contributed by atoms with Gasteiger partial charge in [-0.05, 0) is 19.4 Å². The van der Waals surface area contributed by atoms with Crippen LogP contribution in [0.3, 0.4) is 0 Å². The Labute approximate surface area is 93.6 Å². The standard InChI is InChI=1S/C11H13N3O2/c1-2-5-13-10(15)9-7-16-11(14-9)8-4-3-6-12-8/h1,7-8,12H,3-6H2,(H,13,15). The highest BCUT2D eigenvalue weighted by Gasteiger charge is 2.22. The largest absolute Gasteiger partial charge is 0.446 e. The summed E-state index contributed by atoms with van der Waals surface area (Å²) in [6, 6.07) is 0.134. The number of rotatable bonds is 3. The van der Waals surface area contributed by atoms with E-state index >= 15 is 0 Å². The maximum Gasteiger partial charge on any atom is 0.273 e. The summed E-state index contributed by atoms with van der Waals surface area (Å²) in [7, 11) is 0. The van der Waals surface area contributed by atoms with Crippen molar-refractivity contribution in [3.63, 3.8) is 0 Å². The number of amides is 1. The lowest BCUT2D eigenvalue weighted by atomic mass is 10.2. The van der Waals surface area contributed by atoms with Crippen molar-refractivity contribution < 1.29 is 9.21 Å². The highest BCUT2D eigenvalue weighted by molar-refractivity contribution is 5.92. The summed E-state index contributed by atoms with van der Waals surface area (Å²) in [5.41, 5.74) is 0.277. The average Bonchev–Trinajstić information content (AvgIpc) is 2.94. The highest BCUT2D eigenvalue weighted by atomic mass is 16.3. The van der Waals surface area contributed by atoms with Gasteiger partial charge in [0.05, 0.1) is 12.6 Å². The molecule has 1 aliphatic heterocycles. The summed E-state index contributed by atoms with van der Waals surface area (Å²) in [5.74, 6) is 2.60. The van der Waals surface area contributed by atoms with E-state index in [0.717, 1.165) is 19.4 Å². The molecule has 0 aliphatic carbocycles. The van der Waals surface area contributed by atoms with Crippen LogP contribution < -0.4 is 10.6 Å². The minimum Gasteiger partial charge on any atom is -0.446 e. The lowest BCUT2D eigenvalue weighted by molar-refractivity contribution is 0.0953. The van der Waals surface area contributed by atoms with Gasteiger partial charge < -0.3 is 15.1 Å². The van der Waals surface area contributed by atoms with E-state index in [4.69, 9.17) is 10.8 Å². The third kappa shape index (κ3) is 2.23. The Morgan fingerprint density at radius 1 is 1.81 bits per heavy atom. The van der Waals surface area contributed by atoms with Gasteiger partial charge in [0.25, 0.3) is 5.91 Å². The molecule has 0 radical (unpaired) electrons. The van der Waals surface area contributed by atoms with Gasteiger partial charge in [0.1, 0.15) is 6.26 Å². The van der Waals surface area contributed by atoms with Crippen LogP contribution in [0, 0.1) is 12.3 Å². The number of aromatic nitrogens is 1. The Balaban J connectivity index is 2.01. The van der Waals surface area contributed by atoms with Crippen molar-refractivity contribution in [2.45, 2.75) is 18.9 Å². The molecule has 5 nitrogen and oxygen atoms in total. The molecule has 0 aromatic carbocycles. The molecule has 2 rings (SSSR count). The normalized spacial score (nSPS) is 19.3. The van der Waals surface area contributed by atoms with Crippen LogP contribution in [0.4, 0.5) is 0 Å². The van der Waals surface area contributed by atoms with Crippen LogP contribution in [0.1, 0.15) is 35.3 Å². The van der Waals surface area contributed by atoms with Gasteiger partial charge in [0, 0.05) is 0 Å². The van der Waals surface area contributed by atoms with Crippen molar-refractivity contribution in [2.75, 3.05) is 13.1 Å². The second-order valence-corrected chi connectivity index (χ2v) is 3.61. The fraction of sp³-hybridized carbons (Fsp3) is 0.455. The molecule has 1 fully saturated rings. The molecular formula is C11H13N3O2. The molecule has 0 saturated carbocycles. The number of hydrogen-bond acceptors (Lipinski definition) is 4. The molecule has 1 amide bonds. The number of carbonyl (C=O) groups is 1. The third-order valence-electron chi connectivity index (χ3n) is 2.46. The van der Waals surface area contributed by atoms with Gasteiger partial charge in [-0.15, -0.1) is 6.42 Å².